The second-order valence-corrected chi connectivity index (χ2v) is 9.80. The van der Waals surface area contributed by atoms with E-state index in [4.69, 9.17) is 18.3 Å². The molecule has 1 aliphatic rings. The quantitative estimate of drug-likeness (QED) is 0.389. The van der Waals surface area contributed by atoms with Crippen molar-refractivity contribution < 1.29 is 27.9 Å². The van der Waals surface area contributed by atoms with Gasteiger partial charge in [0.2, 0.25) is 5.82 Å². The first kappa shape index (κ1) is 25.1. The Hall–Kier alpha value is -4.61. The normalized spacial score (nSPS) is 13.7. The number of hydrogen-bond donors (Lipinski definition) is 1. The average Bonchev–Trinajstić information content (AvgIpc) is 3.63. The lowest BCUT2D eigenvalue weighted by Crippen LogP contribution is -2.50. The Bertz CT molecular complexity index is 1430. The number of carbonyl (C=O) groups is 2. The van der Waals surface area contributed by atoms with Crippen molar-refractivity contribution >= 4 is 17.5 Å². The van der Waals surface area contributed by atoms with Crippen LogP contribution >= 0.6 is 0 Å². The Kier molecular flexibility index (Phi) is 6.62. The standard InChI is InChI=1S/C26H28N6O6/c1-16-7-9-20(38-16)24-28-30-31(29-24)15-22(33)32(17-8-10-18-21(14-17)37-13-12-36-18)23(19-6-5-11-35-19)25(34)27-26(2,3)4/h5-11,14,23H,12-13,15H2,1-4H3,(H,27,34)/t23-/m1/s1. The third kappa shape index (κ3) is 5.38. The van der Waals surface area contributed by atoms with Gasteiger partial charge in [-0.1, -0.05) is 0 Å². The molecule has 0 bridgehead atoms. The average molecular weight is 521 g/mol. The van der Waals surface area contributed by atoms with E-state index in [0.717, 1.165) is 4.80 Å². The lowest BCUT2D eigenvalue weighted by molar-refractivity contribution is -0.128. The molecular weight excluding hydrogens is 492 g/mol. The van der Waals surface area contributed by atoms with Crippen molar-refractivity contribution in [3.05, 3.63) is 60.2 Å². The van der Waals surface area contributed by atoms with Gasteiger partial charge < -0.3 is 23.6 Å². The van der Waals surface area contributed by atoms with E-state index in [-0.39, 0.29) is 18.1 Å². The molecule has 4 aromatic rings. The minimum absolute atomic E-state index is 0.241. The van der Waals surface area contributed by atoms with E-state index in [2.05, 4.69) is 20.7 Å². The third-order valence-corrected chi connectivity index (χ3v) is 5.58. The number of carbonyl (C=O) groups excluding carboxylic acids is 2. The molecule has 0 aliphatic carbocycles. The Morgan fingerprint density at radius 3 is 2.58 bits per heavy atom. The van der Waals surface area contributed by atoms with Gasteiger partial charge in [0.15, 0.2) is 23.3 Å². The number of benzene rings is 1. The largest absolute Gasteiger partial charge is 0.486 e. The summed E-state index contributed by atoms with van der Waals surface area (Å²) in [5.74, 6) is 1.78. The zero-order valence-corrected chi connectivity index (χ0v) is 21.5. The molecule has 0 saturated heterocycles. The van der Waals surface area contributed by atoms with Gasteiger partial charge in [-0.05, 0) is 69.3 Å². The van der Waals surface area contributed by atoms with Gasteiger partial charge in [-0.15, -0.1) is 10.2 Å². The minimum Gasteiger partial charge on any atom is -0.486 e. The van der Waals surface area contributed by atoms with Gasteiger partial charge in [-0.2, -0.15) is 4.80 Å². The summed E-state index contributed by atoms with van der Waals surface area (Å²) in [6.45, 7) is 7.87. The first-order chi connectivity index (χ1) is 18.2. The number of rotatable bonds is 7. The molecule has 5 rings (SSSR count). The fourth-order valence-corrected chi connectivity index (χ4v) is 4.04. The second kappa shape index (κ2) is 10.0. The van der Waals surface area contributed by atoms with Gasteiger partial charge in [0.05, 0.1) is 6.26 Å². The van der Waals surface area contributed by atoms with Crippen LogP contribution in [0, 0.1) is 6.92 Å². The number of aromatic nitrogens is 4. The van der Waals surface area contributed by atoms with Crippen LogP contribution in [-0.2, 0) is 16.1 Å². The van der Waals surface area contributed by atoms with Gasteiger partial charge in [-0.3, -0.25) is 14.5 Å². The second-order valence-electron chi connectivity index (χ2n) is 9.80. The number of amides is 2. The molecule has 0 fully saturated rings. The molecule has 0 saturated carbocycles. The molecule has 38 heavy (non-hydrogen) atoms. The zero-order chi connectivity index (χ0) is 26.9. The van der Waals surface area contributed by atoms with E-state index in [9.17, 15) is 9.59 Å². The highest BCUT2D eigenvalue weighted by Crippen LogP contribution is 2.37. The zero-order valence-electron chi connectivity index (χ0n) is 21.5. The summed E-state index contributed by atoms with van der Waals surface area (Å²) in [6, 6.07) is 10.8. The van der Waals surface area contributed by atoms with Crippen molar-refractivity contribution in [2.24, 2.45) is 0 Å². The summed E-state index contributed by atoms with van der Waals surface area (Å²) in [5.41, 5.74) is -0.154. The lowest BCUT2D eigenvalue weighted by atomic mass is 10.1. The van der Waals surface area contributed by atoms with E-state index in [1.54, 1.807) is 49.4 Å². The Balaban J connectivity index is 1.53. The first-order valence-corrected chi connectivity index (χ1v) is 12.1. The monoisotopic (exact) mass is 520 g/mol. The van der Waals surface area contributed by atoms with Crippen molar-refractivity contribution in [3.63, 3.8) is 0 Å². The van der Waals surface area contributed by atoms with Crippen LogP contribution in [0.1, 0.15) is 38.3 Å². The molecule has 1 aromatic carbocycles. The Labute approximate surface area is 218 Å². The first-order valence-electron chi connectivity index (χ1n) is 12.1. The van der Waals surface area contributed by atoms with E-state index in [1.165, 1.54) is 11.2 Å². The van der Waals surface area contributed by atoms with Crippen molar-refractivity contribution in [2.45, 2.75) is 45.8 Å². The number of furan rings is 2. The summed E-state index contributed by atoms with van der Waals surface area (Å²) < 4.78 is 22.6. The number of fused-ring (bicyclic) bond motifs is 1. The fourth-order valence-electron chi connectivity index (χ4n) is 4.04. The van der Waals surface area contributed by atoms with Gasteiger partial charge in [0, 0.05) is 17.3 Å². The number of nitrogens with one attached hydrogen (secondary N) is 1. The number of tetrazole rings is 1. The van der Waals surface area contributed by atoms with Crippen LogP contribution in [-0.4, -0.2) is 50.8 Å². The van der Waals surface area contributed by atoms with Crippen LogP contribution in [0.15, 0.2) is 57.6 Å². The SMILES string of the molecule is Cc1ccc(-c2nnn(CC(=O)N(c3ccc4c(c3)OCCO4)[C@@H](C(=O)NC(C)(C)C)c3ccco3)n2)o1. The molecule has 198 valence electrons. The third-order valence-electron chi connectivity index (χ3n) is 5.58. The van der Waals surface area contributed by atoms with Gasteiger partial charge in [0.25, 0.3) is 11.8 Å². The Morgan fingerprint density at radius 2 is 1.89 bits per heavy atom. The Morgan fingerprint density at radius 1 is 1.11 bits per heavy atom. The van der Waals surface area contributed by atoms with Gasteiger partial charge >= 0.3 is 0 Å². The maximum Gasteiger partial charge on any atom is 0.251 e. The number of anilines is 1. The minimum atomic E-state index is -1.13. The maximum atomic E-state index is 13.9. The molecule has 12 nitrogen and oxygen atoms in total. The molecule has 0 spiro atoms. The van der Waals surface area contributed by atoms with Crippen LogP contribution in [0.3, 0.4) is 0 Å². The molecular formula is C26H28N6O6. The number of hydrogen-bond acceptors (Lipinski definition) is 9. The fraction of sp³-hybridized carbons (Fsp3) is 0.346. The number of ether oxygens (including phenoxy) is 2. The smallest absolute Gasteiger partial charge is 0.251 e. The summed E-state index contributed by atoms with van der Waals surface area (Å²) in [6.07, 6.45) is 1.45. The highest BCUT2D eigenvalue weighted by molar-refractivity contribution is 6.01. The molecule has 1 aliphatic heterocycles. The molecule has 4 heterocycles. The van der Waals surface area contributed by atoms with E-state index < -0.39 is 23.4 Å². The van der Waals surface area contributed by atoms with Crippen molar-refractivity contribution in [1.82, 2.24) is 25.5 Å². The molecule has 3 aromatic heterocycles. The molecule has 1 atom stereocenters. The van der Waals surface area contributed by atoms with Crippen molar-refractivity contribution in [1.29, 1.82) is 0 Å². The molecule has 12 heteroatoms. The topological polar surface area (TPSA) is 138 Å². The summed E-state index contributed by atoms with van der Waals surface area (Å²) in [5, 5.41) is 15.3. The summed E-state index contributed by atoms with van der Waals surface area (Å²) in [4.78, 5) is 30.0. The highest BCUT2D eigenvalue weighted by Gasteiger charge is 2.37. The maximum absolute atomic E-state index is 13.9. The summed E-state index contributed by atoms with van der Waals surface area (Å²) in [7, 11) is 0. The van der Waals surface area contributed by atoms with Crippen molar-refractivity contribution in [3.8, 4) is 23.1 Å². The van der Waals surface area contributed by atoms with Gasteiger partial charge in [-0.25, -0.2) is 0 Å². The van der Waals surface area contributed by atoms with Gasteiger partial charge in [0.1, 0.15) is 31.3 Å². The highest BCUT2D eigenvalue weighted by atomic mass is 16.6. The molecule has 0 radical (unpaired) electrons. The van der Waals surface area contributed by atoms with E-state index >= 15 is 0 Å². The van der Waals surface area contributed by atoms with Crippen LogP contribution in [0.2, 0.25) is 0 Å². The van der Waals surface area contributed by atoms with E-state index in [0.29, 0.717) is 41.9 Å². The molecule has 2 amide bonds. The number of aryl methyl sites for hydroxylation is 1. The van der Waals surface area contributed by atoms with E-state index in [1.807, 2.05) is 20.8 Å². The molecule has 1 N–H and O–H groups in total. The lowest BCUT2D eigenvalue weighted by Gasteiger charge is -2.32. The number of nitrogens with zero attached hydrogens (tertiary/aromatic N) is 5. The predicted molar refractivity (Wildman–Crippen MR) is 135 cm³/mol. The van der Waals surface area contributed by atoms with Crippen LogP contribution in [0.25, 0.3) is 11.6 Å². The molecule has 0 unspecified atom stereocenters. The van der Waals surface area contributed by atoms with Crippen molar-refractivity contribution in [2.75, 3.05) is 18.1 Å². The van der Waals surface area contributed by atoms with Crippen LogP contribution < -0.4 is 19.7 Å². The van der Waals surface area contributed by atoms with Crippen LogP contribution in [0.5, 0.6) is 11.5 Å². The van der Waals surface area contributed by atoms with Crippen LogP contribution in [0.4, 0.5) is 5.69 Å². The predicted octanol–water partition coefficient (Wildman–Crippen LogP) is 3.29. The summed E-state index contributed by atoms with van der Waals surface area (Å²) >= 11 is 0.